The Bertz CT molecular complexity index is 502. The van der Waals surface area contributed by atoms with Gasteiger partial charge in [-0.15, -0.1) is 0 Å². The normalized spacial score (nSPS) is 15.4. The van der Waals surface area contributed by atoms with Gasteiger partial charge in [0.1, 0.15) is 5.60 Å². The first-order valence-corrected chi connectivity index (χ1v) is 7.27. The van der Waals surface area contributed by atoms with E-state index in [4.69, 9.17) is 4.74 Å². The van der Waals surface area contributed by atoms with E-state index in [0.29, 0.717) is 13.1 Å². The predicted molar refractivity (Wildman–Crippen MR) is 86.0 cm³/mol. The number of para-hydroxylation sites is 2. The van der Waals surface area contributed by atoms with Crippen LogP contribution in [-0.2, 0) is 4.74 Å². The molecule has 0 unspecified atom stereocenters. The molecule has 1 amide bonds. The molecule has 0 bridgehead atoms. The van der Waals surface area contributed by atoms with Crippen molar-refractivity contribution in [2.75, 3.05) is 37.4 Å². The number of hydrogen-bond acceptors (Lipinski definition) is 4. The largest absolute Gasteiger partial charge is 0.444 e. The van der Waals surface area contributed by atoms with Gasteiger partial charge in [-0.05, 0) is 32.9 Å². The lowest BCUT2D eigenvalue weighted by molar-refractivity contribution is 0.0105. The molecule has 0 aromatic heterocycles. The number of likely N-dealkylation sites (tertiary alicyclic amines) is 1. The summed E-state index contributed by atoms with van der Waals surface area (Å²) in [6.07, 6.45) is -0.235. The highest BCUT2D eigenvalue weighted by Crippen LogP contribution is 2.26. The average molecular weight is 291 g/mol. The topological polar surface area (TPSA) is 44.8 Å². The summed E-state index contributed by atoms with van der Waals surface area (Å²) >= 11 is 0. The van der Waals surface area contributed by atoms with E-state index in [9.17, 15) is 4.79 Å². The second-order valence-electron chi connectivity index (χ2n) is 6.64. The maximum Gasteiger partial charge on any atom is 0.410 e. The van der Waals surface area contributed by atoms with E-state index in [1.54, 1.807) is 4.90 Å². The van der Waals surface area contributed by atoms with Gasteiger partial charge in [-0.2, -0.15) is 0 Å². The molecule has 1 saturated heterocycles. The first kappa shape index (κ1) is 15.5. The molecular weight excluding hydrogens is 266 g/mol. The summed E-state index contributed by atoms with van der Waals surface area (Å²) in [6.45, 7) is 7.00. The number of carbonyl (C=O) groups is 1. The SMILES string of the molecule is CN(C)c1ccccc1NC1CN(C(=O)OC(C)(C)C)C1. The van der Waals surface area contributed by atoms with Gasteiger partial charge in [0.15, 0.2) is 0 Å². The third-order valence-corrected chi connectivity index (χ3v) is 3.28. The van der Waals surface area contributed by atoms with Gasteiger partial charge in [0.25, 0.3) is 0 Å². The predicted octanol–water partition coefficient (Wildman–Crippen LogP) is 2.78. The van der Waals surface area contributed by atoms with Crippen molar-refractivity contribution in [2.45, 2.75) is 32.4 Å². The van der Waals surface area contributed by atoms with Crippen molar-refractivity contribution in [3.05, 3.63) is 24.3 Å². The molecule has 21 heavy (non-hydrogen) atoms. The molecule has 1 aliphatic rings. The van der Waals surface area contributed by atoms with Crippen LogP contribution in [0.5, 0.6) is 0 Å². The van der Waals surface area contributed by atoms with E-state index >= 15 is 0 Å². The molecule has 0 aliphatic carbocycles. The molecule has 0 saturated carbocycles. The van der Waals surface area contributed by atoms with E-state index in [0.717, 1.165) is 11.4 Å². The number of nitrogens with zero attached hydrogens (tertiary/aromatic N) is 2. The molecule has 116 valence electrons. The molecule has 5 nitrogen and oxygen atoms in total. The van der Waals surface area contributed by atoms with E-state index in [-0.39, 0.29) is 12.1 Å². The van der Waals surface area contributed by atoms with Crippen LogP contribution in [0.15, 0.2) is 24.3 Å². The Morgan fingerprint density at radius 3 is 2.48 bits per heavy atom. The zero-order valence-corrected chi connectivity index (χ0v) is 13.5. The van der Waals surface area contributed by atoms with Crippen LogP contribution in [0.3, 0.4) is 0 Å². The van der Waals surface area contributed by atoms with Gasteiger partial charge in [-0.3, -0.25) is 0 Å². The maximum atomic E-state index is 11.9. The quantitative estimate of drug-likeness (QED) is 0.930. The Balaban J connectivity index is 1.88. The maximum absolute atomic E-state index is 11.9. The van der Waals surface area contributed by atoms with Crippen LogP contribution in [0.25, 0.3) is 0 Å². The van der Waals surface area contributed by atoms with Crippen LogP contribution in [-0.4, -0.2) is 49.8 Å². The van der Waals surface area contributed by atoms with Gasteiger partial charge in [0.2, 0.25) is 0 Å². The van der Waals surface area contributed by atoms with Crippen molar-refractivity contribution in [2.24, 2.45) is 0 Å². The Morgan fingerprint density at radius 2 is 1.90 bits per heavy atom. The fourth-order valence-corrected chi connectivity index (χ4v) is 2.25. The summed E-state index contributed by atoms with van der Waals surface area (Å²) < 4.78 is 5.35. The molecule has 1 fully saturated rings. The smallest absolute Gasteiger partial charge is 0.410 e. The summed E-state index contributed by atoms with van der Waals surface area (Å²) in [5, 5.41) is 3.48. The number of benzene rings is 1. The summed E-state index contributed by atoms with van der Waals surface area (Å²) in [7, 11) is 4.04. The fourth-order valence-electron chi connectivity index (χ4n) is 2.25. The highest BCUT2D eigenvalue weighted by molar-refractivity contribution is 5.72. The second-order valence-corrected chi connectivity index (χ2v) is 6.64. The van der Waals surface area contributed by atoms with E-state index < -0.39 is 5.60 Å². The zero-order chi connectivity index (χ0) is 15.6. The van der Waals surface area contributed by atoms with Crippen LogP contribution >= 0.6 is 0 Å². The van der Waals surface area contributed by atoms with Crippen LogP contribution in [0.2, 0.25) is 0 Å². The molecule has 0 radical (unpaired) electrons. The number of rotatable bonds is 3. The van der Waals surface area contributed by atoms with Crippen LogP contribution in [0, 0.1) is 0 Å². The Morgan fingerprint density at radius 1 is 1.29 bits per heavy atom. The minimum absolute atomic E-state index is 0.235. The fraction of sp³-hybridized carbons (Fsp3) is 0.562. The first-order valence-electron chi connectivity index (χ1n) is 7.27. The summed E-state index contributed by atoms with van der Waals surface area (Å²) in [5.41, 5.74) is 1.80. The van der Waals surface area contributed by atoms with Crippen LogP contribution in [0.1, 0.15) is 20.8 Å². The van der Waals surface area contributed by atoms with E-state index in [1.165, 1.54) is 0 Å². The zero-order valence-electron chi connectivity index (χ0n) is 13.5. The van der Waals surface area contributed by atoms with Gasteiger partial charge in [0, 0.05) is 27.2 Å². The minimum atomic E-state index is -0.437. The van der Waals surface area contributed by atoms with Crippen molar-refractivity contribution < 1.29 is 9.53 Å². The highest BCUT2D eigenvalue weighted by Gasteiger charge is 2.33. The van der Waals surface area contributed by atoms with Gasteiger partial charge < -0.3 is 19.9 Å². The molecule has 1 N–H and O–H groups in total. The average Bonchev–Trinajstić information content (AvgIpc) is 2.31. The molecule has 2 rings (SSSR count). The summed E-state index contributed by atoms with van der Waals surface area (Å²) in [4.78, 5) is 15.7. The third kappa shape index (κ3) is 4.03. The number of anilines is 2. The van der Waals surface area contributed by atoms with Crippen molar-refractivity contribution in [3.8, 4) is 0 Å². The number of ether oxygens (including phenoxy) is 1. The number of nitrogens with one attached hydrogen (secondary N) is 1. The monoisotopic (exact) mass is 291 g/mol. The highest BCUT2D eigenvalue weighted by atomic mass is 16.6. The lowest BCUT2D eigenvalue weighted by Crippen LogP contribution is -2.58. The first-order chi connectivity index (χ1) is 9.76. The number of amides is 1. The van der Waals surface area contributed by atoms with Crippen LogP contribution < -0.4 is 10.2 Å². The molecule has 0 atom stereocenters. The Kier molecular flexibility index (Phi) is 4.30. The van der Waals surface area contributed by atoms with E-state index in [1.807, 2.05) is 47.0 Å². The molecule has 0 spiro atoms. The third-order valence-electron chi connectivity index (χ3n) is 3.28. The van der Waals surface area contributed by atoms with Crippen LogP contribution in [0.4, 0.5) is 16.2 Å². The molecule has 1 aromatic rings. The second kappa shape index (κ2) is 5.84. The number of carbonyl (C=O) groups excluding carboxylic acids is 1. The summed E-state index contributed by atoms with van der Waals surface area (Å²) in [5.74, 6) is 0. The van der Waals surface area contributed by atoms with Crippen molar-refractivity contribution in [3.63, 3.8) is 0 Å². The Hall–Kier alpha value is -1.91. The van der Waals surface area contributed by atoms with Gasteiger partial charge in [-0.1, -0.05) is 12.1 Å². The summed E-state index contributed by atoms with van der Waals surface area (Å²) in [6, 6.07) is 8.45. The lowest BCUT2D eigenvalue weighted by Gasteiger charge is -2.40. The molecule has 1 aliphatic heterocycles. The van der Waals surface area contributed by atoms with Crippen molar-refractivity contribution >= 4 is 17.5 Å². The minimum Gasteiger partial charge on any atom is -0.444 e. The van der Waals surface area contributed by atoms with Gasteiger partial charge >= 0.3 is 6.09 Å². The molecule has 1 aromatic carbocycles. The molecule has 5 heteroatoms. The van der Waals surface area contributed by atoms with Crippen molar-refractivity contribution in [1.29, 1.82) is 0 Å². The standard InChI is InChI=1S/C16H25N3O2/c1-16(2,3)21-15(20)19-10-12(11-19)17-13-8-6-7-9-14(13)18(4)5/h6-9,12,17H,10-11H2,1-5H3. The van der Waals surface area contributed by atoms with Gasteiger partial charge in [-0.25, -0.2) is 4.79 Å². The lowest BCUT2D eigenvalue weighted by atomic mass is 10.1. The van der Waals surface area contributed by atoms with Crippen molar-refractivity contribution in [1.82, 2.24) is 4.90 Å². The molecule has 1 heterocycles. The van der Waals surface area contributed by atoms with E-state index in [2.05, 4.69) is 22.3 Å². The number of hydrogen-bond donors (Lipinski definition) is 1. The van der Waals surface area contributed by atoms with Gasteiger partial charge in [0.05, 0.1) is 17.4 Å². The molecular formula is C16H25N3O2. The Labute approximate surface area is 126 Å².